The largest absolute Gasteiger partial charge is 1.00 e. The van der Waals surface area contributed by atoms with Crippen LogP contribution in [-0.4, -0.2) is 61.9 Å². The monoisotopic (exact) mass is 602 g/mol. The number of aromatic hydroxyl groups is 1. The molecule has 212 valence electrons. The van der Waals surface area contributed by atoms with Crippen LogP contribution in [0.1, 0.15) is 35.8 Å². The fourth-order valence-electron chi connectivity index (χ4n) is 5.10. The van der Waals surface area contributed by atoms with Crippen LogP contribution in [0.5, 0.6) is 5.75 Å². The number of para-hydroxylation sites is 1. The maximum absolute atomic E-state index is 13.8. The predicted molar refractivity (Wildman–Crippen MR) is 142 cm³/mol. The first-order valence-corrected chi connectivity index (χ1v) is 13.2. The minimum absolute atomic E-state index is 0. The molecule has 3 heterocycles. The molecule has 2 aliphatic heterocycles. The second-order valence-electron chi connectivity index (χ2n) is 9.96. The van der Waals surface area contributed by atoms with Gasteiger partial charge in [0.25, 0.3) is 11.8 Å². The SMILES string of the molecule is CC1(C)S[C@@H]2[C@H](NC=O)C(=O)N2[C@@]1(NC(=O)C(NC(=O)c1cc2ccccc2oc1=O)c1ccc(O)cc1)C(=O)[O-].[Na+]. The molecule has 0 aliphatic carbocycles. The fraction of sp³-hybridized carbons (Fsp3) is 0.259. The van der Waals surface area contributed by atoms with Gasteiger partial charge in [-0.05, 0) is 43.7 Å². The van der Waals surface area contributed by atoms with Crippen LogP contribution in [0.3, 0.4) is 0 Å². The zero-order valence-corrected chi connectivity index (χ0v) is 25.4. The fourth-order valence-corrected chi connectivity index (χ4v) is 6.80. The number of carboxylic acids is 1. The molecule has 2 fully saturated rings. The quantitative estimate of drug-likeness (QED) is 0.0863. The van der Waals surface area contributed by atoms with Crippen molar-refractivity contribution in [1.82, 2.24) is 20.9 Å². The van der Waals surface area contributed by atoms with E-state index >= 15 is 0 Å². The summed E-state index contributed by atoms with van der Waals surface area (Å²) in [6.45, 7) is 2.98. The molecule has 2 aromatic carbocycles. The number of nitrogens with zero attached hydrogens (tertiary/aromatic N) is 1. The van der Waals surface area contributed by atoms with Gasteiger partial charge in [-0.15, -0.1) is 11.8 Å². The summed E-state index contributed by atoms with van der Waals surface area (Å²) >= 11 is 1.04. The molecule has 0 saturated carbocycles. The molecule has 5 rings (SSSR count). The van der Waals surface area contributed by atoms with Crippen molar-refractivity contribution in [3.05, 3.63) is 76.1 Å². The first-order valence-electron chi connectivity index (χ1n) is 12.3. The van der Waals surface area contributed by atoms with Gasteiger partial charge in [0, 0.05) is 5.39 Å². The summed E-state index contributed by atoms with van der Waals surface area (Å²) < 4.78 is 3.86. The van der Waals surface area contributed by atoms with Crippen molar-refractivity contribution >= 4 is 52.8 Å². The minimum Gasteiger partial charge on any atom is -0.545 e. The van der Waals surface area contributed by atoms with E-state index in [1.54, 1.807) is 24.3 Å². The zero-order chi connectivity index (χ0) is 29.7. The number of phenolic OH excluding ortho intramolecular Hbond substituents is 1. The van der Waals surface area contributed by atoms with E-state index in [0.717, 1.165) is 16.7 Å². The standard InChI is InChI=1S/C27H24N4O9S.Na/c1-26(2)27(25(38)39,31-22(36)19(28-12-32)23(31)41-26)30-21(35)18(13-7-9-15(33)10-8-13)29-20(34)16-11-14-5-3-4-6-17(14)40-24(16)37;/h3-12,18-19,23,33H,1-2H3,(H,28,32)(H,29,34)(H,30,35)(H,38,39);/q;+1/p-1/t18?,19-,23-,27+;/m1./s1. The Morgan fingerprint density at radius 3 is 2.43 bits per heavy atom. The molecular formula is C27H23N4NaO9S. The van der Waals surface area contributed by atoms with Crippen molar-refractivity contribution in [2.24, 2.45) is 0 Å². The van der Waals surface area contributed by atoms with Crippen molar-refractivity contribution in [3.8, 4) is 5.75 Å². The summed E-state index contributed by atoms with van der Waals surface area (Å²) in [6.07, 6.45) is 0.324. The van der Waals surface area contributed by atoms with E-state index < -0.39 is 62.7 Å². The molecule has 0 spiro atoms. The van der Waals surface area contributed by atoms with Gasteiger partial charge in [-0.2, -0.15) is 0 Å². The third-order valence-corrected chi connectivity index (χ3v) is 8.80. The van der Waals surface area contributed by atoms with Crippen LogP contribution in [0.25, 0.3) is 11.0 Å². The Kier molecular flexibility index (Phi) is 8.47. The first kappa shape index (κ1) is 31.1. The Morgan fingerprint density at radius 1 is 1.12 bits per heavy atom. The van der Waals surface area contributed by atoms with E-state index in [2.05, 4.69) is 16.0 Å². The summed E-state index contributed by atoms with van der Waals surface area (Å²) in [5.74, 6) is -4.71. The van der Waals surface area contributed by atoms with Gasteiger partial charge in [-0.3, -0.25) is 24.1 Å². The smallest absolute Gasteiger partial charge is 0.545 e. The molecule has 15 heteroatoms. The normalized spacial score (nSPS) is 22.6. The van der Waals surface area contributed by atoms with E-state index in [9.17, 15) is 39.0 Å². The van der Waals surface area contributed by atoms with Gasteiger partial charge in [0.15, 0.2) is 5.66 Å². The molecule has 1 unspecified atom stereocenters. The van der Waals surface area contributed by atoms with Gasteiger partial charge in [0.1, 0.15) is 34.4 Å². The van der Waals surface area contributed by atoms with Crippen LogP contribution in [0.2, 0.25) is 0 Å². The average Bonchev–Trinajstić information content (AvgIpc) is 3.14. The van der Waals surface area contributed by atoms with E-state index in [0.29, 0.717) is 11.8 Å². The van der Waals surface area contributed by atoms with Crippen LogP contribution in [0.15, 0.2) is 63.8 Å². The Balaban J connectivity index is 0.00000405. The molecule has 3 aromatic rings. The second-order valence-corrected chi connectivity index (χ2v) is 11.7. The summed E-state index contributed by atoms with van der Waals surface area (Å²) in [4.78, 5) is 77.3. The number of amides is 4. The Labute approximate surface area is 264 Å². The molecule has 2 aliphatic rings. The van der Waals surface area contributed by atoms with Crippen molar-refractivity contribution in [2.75, 3.05) is 0 Å². The number of hydrogen-bond donors (Lipinski definition) is 4. The molecule has 0 bridgehead atoms. The Morgan fingerprint density at radius 2 is 1.79 bits per heavy atom. The van der Waals surface area contributed by atoms with Gasteiger partial charge in [0.2, 0.25) is 12.3 Å². The van der Waals surface area contributed by atoms with Gasteiger partial charge < -0.3 is 35.4 Å². The van der Waals surface area contributed by atoms with Crippen molar-refractivity contribution in [2.45, 2.75) is 41.7 Å². The maximum atomic E-state index is 13.8. The molecule has 2 saturated heterocycles. The van der Waals surface area contributed by atoms with Crippen LogP contribution < -0.4 is 56.2 Å². The van der Waals surface area contributed by atoms with Crippen LogP contribution >= 0.6 is 11.8 Å². The number of rotatable bonds is 8. The molecule has 0 radical (unpaired) electrons. The topological polar surface area (TPSA) is 198 Å². The Hall–Kier alpha value is -3.85. The van der Waals surface area contributed by atoms with E-state index in [1.807, 2.05) is 0 Å². The third kappa shape index (κ3) is 4.93. The third-order valence-electron chi connectivity index (χ3n) is 7.19. The summed E-state index contributed by atoms with van der Waals surface area (Å²) in [5, 5.41) is 29.3. The van der Waals surface area contributed by atoms with Gasteiger partial charge >= 0.3 is 35.2 Å². The number of aliphatic carboxylic acids is 1. The number of fused-ring (bicyclic) bond motifs is 2. The number of thioether (sulfide) groups is 1. The number of benzene rings is 2. The van der Waals surface area contributed by atoms with Crippen molar-refractivity contribution < 1.29 is 68.2 Å². The molecule has 4 atom stereocenters. The second kappa shape index (κ2) is 11.4. The number of phenols is 1. The van der Waals surface area contributed by atoms with Crippen molar-refractivity contribution in [3.63, 3.8) is 0 Å². The maximum Gasteiger partial charge on any atom is 1.00 e. The summed E-state index contributed by atoms with van der Waals surface area (Å²) in [6, 6.07) is 10.3. The van der Waals surface area contributed by atoms with Gasteiger partial charge in [-0.1, -0.05) is 30.3 Å². The number of β-lactam (4-membered cyclic amide) rings is 1. The van der Waals surface area contributed by atoms with Crippen LogP contribution in [0, 0.1) is 0 Å². The van der Waals surface area contributed by atoms with E-state index in [-0.39, 0.29) is 46.5 Å². The summed E-state index contributed by atoms with van der Waals surface area (Å²) in [5.41, 5.74) is -3.38. The molecule has 4 N–H and O–H groups in total. The Bertz CT molecular complexity index is 1660. The number of carbonyl (C=O) groups excluding carboxylic acids is 5. The molecule has 42 heavy (non-hydrogen) atoms. The molecular weight excluding hydrogens is 579 g/mol. The number of hydrogen-bond acceptors (Lipinski definition) is 10. The minimum atomic E-state index is -2.38. The predicted octanol–water partition coefficient (Wildman–Crippen LogP) is -3.66. The first-order chi connectivity index (χ1) is 19.4. The number of carbonyl (C=O) groups is 5. The molecule has 4 amide bonds. The zero-order valence-electron chi connectivity index (χ0n) is 22.6. The van der Waals surface area contributed by atoms with Crippen LogP contribution in [-0.2, 0) is 19.2 Å². The summed E-state index contributed by atoms with van der Waals surface area (Å²) in [7, 11) is 0. The number of nitrogens with one attached hydrogen (secondary N) is 3. The molecule has 13 nitrogen and oxygen atoms in total. The van der Waals surface area contributed by atoms with Crippen molar-refractivity contribution in [1.29, 1.82) is 0 Å². The average molecular weight is 603 g/mol. The molecule has 1 aromatic heterocycles. The van der Waals surface area contributed by atoms with Gasteiger partial charge in [0.05, 0.1) is 10.7 Å². The van der Waals surface area contributed by atoms with E-state index in [4.69, 9.17) is 4.42 Å². The number of carboxylic acid groups (broad SMARTS) is 1. The van der Waals surface area contributed by atoms with Crippen LogP contribution in [0.4, 0.5) is 0 Å². The van der Waals surface area contributed by atoms with Gasteiger partial charge in [-0.25, -0.2) is 4.79 Å². The van der Waals surface area contributed by atoms with E-state index in [1.165, 1.54) is 44.2 Å².